The summed E-state index contributed by atoms with van der Waals surface area (Å²) in [5.41, 5.74) is 5.40. The number of amides is 1. The molecule has 2 aliphatic heterocycles. The summed E-state index contributed by atoms with van der Waals surface area (Å²) in [4.78, 5) is 17.4. The standard InChI is InChI=1S/C27H23ClN6O/c28-23-12-10-21(11-13-23)24-16-25(20-7-2-1-3-8-20)34-27(29-30-31-34)33(24)18-26(35)32-15-14-19-6-4-5-9-22(19)17-32/h1-13,16,25H,14-15,17-18H2. The number of rotatable bonds is 4. The normalized spacial score (nSPS) is 16.9. The maximum atomic E-state index is 13.5. The smallest absolute Gasteiger partial charge is 0.251 e. The molecular formula is C27H23ClN6O. The molecular weight excluding hydrogens is 460 g/mol. The highest BCUT2D eigenvalue weighted by Crippen LogP contribution is 2.36. The van der Waals surface area contributed by atoms with Crippen molar-refractivity contribution in [1.29, 1.82) is 0 Å². The lowest BCUT2D eigenvalue weighted by atomic mass is 9.99. The molecule has 4 aromatic rings. The Morgan fingerprint density at radius 3 is 2.49 bits per heavy atom. The molecule has 8 heteroatoms. The van der Waals surface area contributed by atoms with E-state index >= 15 is 0 Å². The van der Waals surface area contributed by atoms with E-state index in [0.717, 1.165) is 23.2 Å². The Labute approximate surface area is 208 Å². The van der Waals surface area contributed by atoms with E-state index in [1.54, 1.807) is 4.68 Å². The van der Waals surface area contributed by atoms with Crippen molar-refractivity contribution < 1.29 is 4.79 Å². The molecule has 174 valence electrons. The van der Waals surface area contributed by atoms with Crippen LogP contribution in [0.1, 0.15) is 28.3 Å². The van der Waals surface area contributed by atoms with Gasteiger partial charge in [0.15, 0.2) is 0 Å². The molecule has 0 saturated carbocycles. The van der Waals surface area contributed by atoms with Crippen LogP contribution in [0.3, 0.4) is 0 Å². The summed E-state index contributed by atoms with van der Waals surface area (Å²) in [6, 6.07) is 25.8. The third-order valence-electron chi connectivity index (χ3n) is 6.64. The van der Waals surface area contributed by atoms with Crippen LogP contribution < -0.4 is 4.90 Å². The summed E-state index contributed by atoms with van der Waals surface area (Å²) >= 11 is 6.17. The van der Waals surface area contributed by atoms with Gasteiger partial charge in [0.05, 0.1) is 5.70 Å². The largest absolute Gasteiger partial charge is 0.336 e. The van der Waals surface area contributed by atoms with Gasteiger partial charge in [-0.1, -0.05) is 83.4 Å². The Kier molecular flexibility index (Phi) is 5.54. The molecule has 1 amide bonds. The molecule has 35 heavy (non-hydrogen) atoms. The molecule has 6 rings (SSSR count). The summed E-state index contributed by atoms with van der Waals surface area (Å²) in [5.74, 6) is 0.573. The fourth-order valence-corrected chi connectivity index (χ4v) is 4.95. The van der Waals surface area contributed by atoms with Crippen molar-refractivity contribution in [2.75, 3.05) is 18.0 Å². The molecule has 0 fully saturated rings. The second kappa shape index (κ2) is 9.00. The second-order valence-electron chi connectivity index (χ2n) is 8.76. The van der Waals surface area contributed by atoms with Crippen molar-refractivity contribution in [3.8, 4) is 0 Å². The Balaban J connectivity index is 1.37. The highest BCUT2D eigenvalue weighted by molar-refractivity contribution is 6.30. The number of aromatic nitrogens is 4. The maximum absolute atomic E-state index is 13.5. The first-order chi connectivity index (χ1) is 17.2. The zero-order valence-electron chi connectivity index (χ0n) is 19.0. The SMILES string of the molecule is O=C(CN1C(c2ccc(Cl)cc2)=CC(c2ccccc2)n2nnnc21)N1CCc2ccccc2C1. The monoisotopic (exact) mass is 482 g/mol. The van der Waals surface area contributed by atoms with Crippen LogP contribution in [-0.2, 0) is 17.8 Å². The lowest BCUT2D eigenvalue weighted by molar-refractivity contribution is -0.130. The second-order valence-corrected chi connectivity index (χ2v) is 9.19. The average Bonchev–Trinajstić information content (AvgIpc) is 3.40. The van der Waals surface area contributed by atoms with E-state index in [4.69, 9.17) is 11.6 Å². The minimum absolute atomic E-state index is 0.0343. The number of hydrogen-bond acceptors (Lipinski definition) is 5. The first kappa shape index (κ1) is 21.6. The van der Waals surface area contributed by atoms with Gasteiger partial charge in [0, 0.05) is 18.1 Å². The molecule has 3 heterocycles. The zero-order valence-corrected chi connectivity index (χ0v) is 19.7. The molecule has 0 aliphatic carbocycles. The van der Waals surface area contributed by atoms with E-state index in [2.05, 4.69) is 51.9 Å². The summed E-state index contributed by atoms with van der Waals surface area (Å²) in [6.07, 6.45) is 2.97. The van der Waals surface area contributed by atoms with Crippen LogP contribution in [0.25, 0.3) is 5.70 Å². The number of hydrogen-bond donors (Lipinski definition) is 0. The maximum Gasteiger partial charge on any atom is 0.251 e. The van der Waals surface area contributed by atoms with Gasteiger partial charge in [0.2, 0.25) is 5.91 Å². The van der Waals surface area contributed by atoms with Crippen LogP contribution in [0, 0.1) is 0 Å². The molecule has 7 nitrogen and oxygen atoms in total. The van der Waals surface area contributed by atoms with Crippen LogP contribution in [0.4, 0.5) is 5.95 Å². The Morgan fingerprint density at radius 2 is 1.69 bits per heavy atom. The molecule has 3 aromatic carbocycles. The minimum Gasteiger partial charge on any atom is -0.336 e. The third-order valence-corrected chi connectivity index (χ3v) is 6.90. The van der Waals surface area contributed by atoms with E-state index in [1.165, 1.54) is 11.1 Å². The Hall–Kier alpha value is -3.97. The molecule has 0 N–H and O–H groups in total. The molecule has 2 aliphatic rings. The van der Waals surface area contributed by atoms with Crippen molar-refractivity contribution in [2.45, 2.75) is 19.0 Å². The Morgan fingerprint density at radius 1 is 0.943 bits per heavy atom. The van der Waals surface area contributed by atoms with Gasteiger partial charge in [-0.25, -0.2) is 0 Å². The van der Waals surface area contributed by atoms with Gasteiger partial charge in [-0.2, -0.15) is 4.68 Å². The van der Waals surface area contributed by atoms with Crippen molar-refractivity contribution in [1.82, 2.24) is 25.1 Å². The highest BCUT2D eigenvalue weighted by atomic mass is 35.5. The zero-order chi connectivity index (χ0) is 23.8. The molecule has 1 aromatic heterocycles. The van der Waals surface area contributed by atoms with Crippen LogP contribution in [-0.4, -0.2) is 44.1 Å². The number of allylic oxidation sites excluding steroid dienone is 1. The molecule has 1 atom stereocenters. The van der Waals surface area contributed by atoms with E-state index in [9.17, 15) is 4.79 Å². The molecule has 1 unspecified atom stereocenters. The average molecular weight is 483 g/mol. The predicted octanol–water partition coefficient (Wildman–Crippen LogP) is 4.36. The van der Waals surface area contributed by atoms with Gasteiger partial charge < -0.3 is 4.90 Å². The fourth-order valence-electron chi connectivity index (χ4n) is 4.82. The topological polar surface area (TPSA) is 67.2 Å². The van der Waals surface area contributed by atoms with Crippen molar-refractivity contribution in [2.24, 2.45) is 0 Å². The number of fused-ring (bicyclic) bond motifs is 2. The van der Waals surface area contributed by atoms with Crippen molar-refractivity contribution >= 4 is 29.2 Å². The van der Waals surface area contributed by atoms with E-state index < -0.39 is 0 Å². The first-order valence-electron chi connectivity index (χ1n) is 11.6. The van der Waals surface area contributed by atoms with Crippen LogP contribution in [0.5, 0.6) is 0 Å². The number of carbonyl (C=O) groups is 1. The van der Waals surface area contributed by atoms with E-state index in [-0.39, 0.29) is 18.5 Å². The first-order valence-corrected chi connectivity index (χ1v) is 12.0. The van der Waals surface area contributed by atoms with Crippen molar-refractivity contribution in [3.63, 3.8) is 0 Å². The van der Waals surface area contributed by atoms with Gasteiger partial charge in [0.25, 0.3) is 5.95 Å². The number of tetrazole rings is 1. The number of nitrogens with zero attached hydrogens (tertiary/aromatic N) is 6. The van der Waals surface area contributed by atoms with Crippen LogP contribution in [0.15, 0.2) is 84.9 Å². The van der Waals surface area contributed by atoms with E-state index in [1.807, 2.05) is 58.3 Å². The van der Waals surface area contributed by atoms with Gasteiger partial charge in [-0.15, -0.1) is 0 Å². The summed E-state index contributed by atoms with van der Waals surface area (Å²) < 4.78 is 1.77. The van der Waals surface area contributed by atoms with Crippen LogP contribution >= 0.6 is 11.6 Å². The number of anilines is 1. The summed E-state index contributed by atoms with van der Waals surface area (Å²) in [6.45, 7) is 1.44. The lowest BCUT2D eigenvalue weighted by Gasteiger charge is -2.35. The molecule has 0 bridgehead atoms. The van der Waals surface area contributed by atoms with Crippen LogP contribution in [0.2, 0.25) is 5.02 Å². The number of halogens is 1. The molecule has 0 spiro atoms. The molecule has 0 radical (unpaired) electrons. The Bertz CT molecular complexity index is 1400. The fraction of sp³-hybridized carbons (Fsp3) is 0.185. The predicted molar refractivity (Wildman–Crippen MR) is 135 cm³/mol. The van der Waals surface area contributed by atoms with Gasteiger partial charge in [0.1, 0.15) is 12.6 Å². The van der Waals surface area contributed by atoms with Gasteiger partial charge in [-0.3, -0.25) is 9.69 Å². The highest BCUT2D eigenvalue weighted by Gasteiger charge is 2.33. The van der Waals surface area contributed by atoms with E-state index in [0.29, 0.717) is 24.1 Å². The van der Waals surface area contributed by atoms with Gasteiger partial charge in [-0.05, 0) is 57.3 Å². The molecule has 0 saturated heterocycles. The quantitative estimate of drug-likeness (QED) is 0.432. The lowest BCUT2D eigenvalue weighted by Crippen LogP contribution is -2.44. The minimum atomic E-state index is -0.194. The third kappa shape index (κ3) is 4.08. The number of benzene rings is 3. The summed E-state index contributed by atoms with van der Waals surface area (Å²) in [5, 5.41) is 13.2. The van der Waals surface area contributed by atoms with Gasteiger partial charge >= 0.3 is 0 Å². The summed E-state index contributed by atoms with van der Waals surface area (Å²) in [7, 11) is 0. The number of carbonyl (C=O) groups excluding carboxylic acids is 1. The van der Waals surface area contributed by atoms with Crippen molar-refractivity contribution in [3.05, 3.63) is 112 Å².